The third kappa shape index (κ3) is 4.21. The second kappa shape index (κ2) is 8.25. The van der Waals surface area contributed by atoms with Crippen molar-refractivity contribution >= 4 is 11.4 Å². The Kier molecular flexibility index (Phi) is 5.34. The summed E-state index contributed by atoms with van der Waals surface area (Å²) in [6.07, 6.45) is 6.07. The molecule has 2 heterocycles. The number of benzene rings is 2. The first-order chi connectivity index (χ1) is 14.3. The molecule has 2 aromatic carbocycles. The molecule has 5 nitrogen and oxygen atoms in total. The van der Waals surface area contributed by atoms with Crippen LogP contribution in [-0.4, -0.2) is 42.9 Å². The van der Waals surface area contributed by atoms with E-state index < -0.39 is 5.79 Å². The van der Waals surface area contributed by atoms with Crippen LogP contribution in [0.3, 0.4) is 0 Å². The molecule has 0 amide bonds. The van der Waals surface area contributed by atoms with Crippen LogP contribution in [0.1, 0.15) is 37.7 Å². The van der Waals surface area contributed by atoms with Crippen molar-refractivity contribution in [1.29, 1.82) is 0 Å². The van der Waals surface area contributed by atoms with Crippen molar-refractivity contribution in [2.75, 3.05) is 36.8 Å². The number of nitrogens with zero attached hydrogens (tertiary/aromatic N) is 1. The van der Waals surface area contributed by atoms with Gasteiger partial charge in [-0.3, -0.25) is 4.90 Å². The van der Waals surface area contributed by atoms with E-state index in [9.17, 15) is 0 Å². The third-order valence-electron chi connectivity index (χ3n) is 6.56. The van der Waals surface area contributed by atoms with Gasteiger partial charge in [-0.05, 0) is 43.2 Å². The summed E-state index contributed by atoms with van der Waals surface area (Å²) >= 11 is 0. The van der Waals surface area contributed by atoms with Crippen LogP contribution < -0.4 is 15.4 Å². The lowest BCUT2D eigenvalue weighted by Gasteiger charge is -2.47. The predicted octanol–water partition coefficient (Wildman–Crippen LogP) is 4.46. The number of anilines is 2. The summed E-state index contributed by atoms with van der Waals surface area (Å²) in [5.74, 6) is 0.572. The summed E-state index contributed by atoms with van der Waals surface area (Å²) < 4.78 is 12.7. The van der Waals surface area contributed by atoms with Gasteiger partial charge in [0.25, 0.3) is 0 Å². The summed E-state index contributed by atoms with van der Waals surface area (Å²) in [4.78, 5) is 2.63. The zero-order valence-corrected chi connectivity index (χ0v) is 17.0. The quantitative estimate of drug-likeness (QED) is 0.710. The first-order valence-electron chi connectivity index (χ1n) is 11.0. The van der Waals surface area contributed by atoms with Gasteiger partial charge in [-0.1, -0.05) is 24.6 Å². The molecule has 154 valence electrons. The largest absolute Gasteiger partial charge is 0.462 e. The molecule has 2 aromatic rings. The van der Waals surface area contributed by atoms with E-state index in [1.54, 1.807) is 0 Å². The van der Waals surface area contributed by atoms with Gasteiger partial charge in [0.15, 0.2) is 0 Å². The highest BCUT2D eigenvalue weighted by atomic mass is 16.7. The lowest BCUT2D eigenvalue weighted by atomic mass is 9.89. The lowest BCUT2D eigenvalue weighted by molar-refractivity contribution is -0.231. The minimum Gasteiger partial charge on any atom is -0.462 e. The van der Waals surface area contributed by atoms with Gasteiger partial charge in [0.1, 0.15) is 5.75 Å². The summed E-state index contributed by atoms with van der Waals surface area (Å²) in [6, 6.07) is 17.5. The molecule has 1 saturated heterocycles. The highest BCUT2D eigenvalue weighted by Crippen LogP contribution is 2.40. The fraction of sp³-hybridized carbons (Fsp3) is 0.500. The molecule has 29 heavy (non-hydrogen) atoms. The molecule has 1 spiro atoms. The average molecular weight is 394 g/mol. The Morgan fingerprint density at radius 3 is 2.41 bits per heavy atom. The molecular formula is C24H31N3O2. The van der Waals surface area contributed by atoms with Crippen molar-refractivity contribution in [3.63, 3.8) is 0 Å². The SMILES string of the molecule is c1ccc(NCCNc2ccc3c(c2)COC2(CCN(C4CCC4)CC2)O3)cc1. The molecule has 0 unspecified atom stereocenters. The van der Waals surface area contributed by atoms with E-state index in [-0.39, 0.29) is 0 Å². The number of para-hydroxylation sites is 1. The van der Waals surface area contributed by atoms with Crippen molar-refractivity contribution in [2.45, 2.75) is 50.5 Å². The van der Waals surface area contributed by atoms with Crippen molar-refractivity contribution in [1.82, 2.24) is 4.90 Å². The summed E-state index contributed by atoms with van der Waals surface area (Å²) in [6.45, 7) is 4.55. The Morgan fingerprint density at radius 2 is 1.69 bits per heavy atom. The number of ether oxygens (including phenoxy) is 2. The van der Waals surface area contributed by atoms with Gasteiger partial charge in [-0.25, -0.2) is 0 Å². The summed E-state index contributed by atoms with van der Waals surface area (Å²) in [7, 11) is 0. The van der Waals surface area contributed by atoms with Gasteiger partial charge in [0, 0.05) is 62.0 Å². The van der Waals surface area contributed by atoms with Gasteiger partial charge >= 0.3 is 0 Å². The number of hydrogen-bond donors (Lipinski definition) is 2. The fourth-order valence-corrected chi connectivity index (χ4v) is 4.54. The van der Waals surface area contributed by atoms with Crippen LogP contribution in [0.15, 0.2) is 48.5 Å². The van der Waals surface area contributed by atoms with Crippen LogP contribution in [-0.2, 0) is 11.3 Å². The summed E-state index contributed by atoms with van der Waals surface area (Å²) in [5, 5.41) is 6.91. The molecular weight excluding hydrogens is 362 g/mol. The smallest absolute Gasteiger partial charge is 0.213 e. The molecule has 2 aliphatic heterocycles. The number of fused-ring (bicyclic) bond motifs is 1. The summed E-state index contributed by atoms with van der Waals surface area (Å²) in [5.41, 5.74) is 3.40. The topological polar surface area (TPSA) is 45.8 Å². The Morgan fingerprint density at radius 1 is 0.931 bits per heavy atom. The molecule has 1 aliphatic carbocycles. The van der Waals surface area contributed by atoms with Crippen LogP contribution in [0.2, 0.25) is 0 Å². The second-order valence-corrected chi connectivity index (χ2v) is 8.46. The maximum Gasteiger partial charge on any atom is 0.213 e. The Bertz CT molecular complexity index is 814. The Labute approximate surface area is 173 Å². The number of rotatable bonds is 6. The molecule has 2 fully saturated rings. The standard InChI is InChI=1S/C24H31N3O2/c1-2-5-20(6-3-1)25-13-14-26-21-9-10-23-19(17-21)18-28-24(29-23)11-15-27(16-12-24)22-7-4-8-22/h1-3,5-6,9-10,17,22,25-26H,4,7-8,11-16,18H2. The van der Waals surface area contributed by atoms with Gasteiger partial charge in [0.2, 0.25) is 5.79 Å². The van der Waals surface area contributed by atoms with E-state index >= 15 is 0 Å². The van der Waals surface area contributed by atoms with Crippen molar-refractivity contribution in [3.05, 3.63) is 54.1 Å². The zero-order valence-electron chi connectivity index (χ0n) is 17.0. The van der Waals surface area contributed by atoms with E-state index in [0.717, 1.165) is 67.8 Å². The highest BCUT2D eigenvalue weighted by molar-refractivity contribution is 5.52. The van der Waals surface area contributed by atoms with E-state index in [0.29, 0.717) is 6.61 Å². The van der Waals surface area contributed by atoms with E-state index in [4.69, 9.17) is 9.47 Å². The van der Waals surface area contributed by atoms with Gasteiger partial charge in [-0.15, -0.1) is 0 Å². The van der Waals surface area contributed by atoms with Gasteiger partial charge in [0.05, 0.1) is 6.61 Å². The van der Waals surface area contributed by atoms with Crippen molar-refractivity contribution < 1.29 is 9.47 Å². The monoisotopic (exact) mass is 393 g/mol. The highest BCUT2D eigenvalue weighted by Gasteiger charge is 2.42. The minimum atomic E-state index is -0.415. The van der Waals surface area contributed by atoms with E-state index in [2.05, 4.69) is 45.9 Å². The average Bonchev–Trinajstić information content (AvgIpc) is 2.73. The predicted molar refractivity (Wildman–Crippen MR) is 116 cm³/mol. The normalized spacial score (nSPS) is 21.1. The number of piperidine rings is 1. The molecule has 2 N–H and O–H groups in total. The molecule has 3 aliphatic rings. The Balaban J connectivity index is 1.13. The van der Waals surface area contributed by atoms with E-state index in [1.165, 1.54) is 19.3 Å². The molecule has 0 bridgehead atoms. The molecule has 0 atom stereocenters. The zero-order chi connectivity index (χ0) is 19.5. The maximum atomic E-state index is 6.39. The first kappa shape index (κ1) is 18.8. The Hall–Kier alpha value is -2.24. The number of hydrogen-bond acceptors (Lipinski definition) is 5. The molecule has 1 saturated carbocycles. The number of nitrogens with one attached hydrogen (secondary N) is 2. The van der Waals surface area contributed by atoms with Crippen LogP contribution >= 0.6 is 0 Å². The van der Waals surface area contributed by atoms with Gasteiger partial charge in [-0.2, -0.15) is 0 Å². The number of likely N-dealkylation sites (tertiary alicyclic amines) is 1. The third-order valence-corrected chi connectivity index (χ3v) is 6.56. The van der Waals surface area contributed by atoms with Crippen LogP contribution in [0.4, 0.5) is 11.4 Å². The van der Waals surface area contributed by atoms with Gasteiger partial charge < -0.3 is 20.1 Å². The molecule has 5 heteroatoms. The van der Waals surface area contributed by atoms with Crippen LogP contribution in [0.25, 0.3) is 0 Å². The second-order valence-electron chi connectivity index (χ2n) is 8.46. The van der Waals surface area contributed by atoms with Crippen LogP contribution in [0, 0.1) is 0 Å². The van der Waals surface area contributed by atoms with Crippen molar-refractivity contribution in [2.24, 2.45) is 0 Å². The fourth-order valence-electron chi connectivity index (χ4n) is 4.54. The maximum absolute atomic E-state index is 6.39. The van der Waals surface area contributed by atoms with E-state index in [1.807, 2.05) is 18.2 Å². The minimum absolute atomic E-state index is 0.415. The molecule has 0 radical (unpaired) electrons. The van der Waals surface area contributed by atoms with Crippen molar-refractivity contribution in [3.8, 4) is 5.75 Å². The first-order valence-corrected chi connectivity index (χ1v) is 11.0. The lowest BCUT2D eigenvalue weighted by Crippen LogP contribution is -2.54. The van der Waals surface area contributed by atoms with Crippen LogP contribution in [0.5, 0.6) is 5.75 Å². The molecule has 0 aromatic heterocycles. The molecule has 5 rings (SSSR count).